The maximum atomic E-state index is 5.58. The molecule has 1 N–H and O–H groups in total. The van der Waals surface area contributed by atoms with E-state index in [9.17, 15) is 0 Å². The van der Waals surface area contributed by atoms with E-state index >= 15 is 0 Å². The molecule has 108 valence electrons. The molecule has 3 heteroatoms. The molecule has 0 aliphatic heterocycles. The number of nitrogens with one attached hydrogen (secondary N) is 1. The summed E-state index contributed by atoms with van der Waals surface area (Å²) in [4.78, 5) is 0. The van der Waals surface area contributed by atoms with Crippen LogP contribution in [0.2, 0.25) is 0 Å². The number of ether oxygens (including phenoxy) is 1. The molecule has 1 rings (SSSR count). The van der Waals surface area contributed by atoms with Crippen LogP contribution in [0.1, 0.15) is 50.8 Å². The van der Waals surface area contributed by atoms with Gasteiger partial charge in [0.2, 0.25) is 0 Å². The maximum Gasteiger partial charge on any atom is 0.123 e. The Balaban J connectivity index is 3.17. The number of halogens is 1. The quantitative estimate of drug-likeness (QED) is 0.772. The molecule has 0 spiro atoms. The van der Waals surface area contributed by atoms with Crippen molar-refractivity contribution in [1.29, 1.82) is 0 Å². The summed E-state index contributed by atoms with van der Waals surface area (Å²) in [6.45, 7) is 9.76. The molecular formula is C16H26BrNO. The van der Waals surface area contributed by atoms with Gasteiger partial charge in [-0.1, -0.05) is 43.1 Å². The number of hydrogen-bond acceptors (Lipinski definition) is 2. The van der Waals surface area contributed by atoms with Gasteiger partial charge in [-0.15, -0.1) is 0 Å². The highest BCUT2D eigenvalue weighted by Crippen LogP contribution is 2.35. The smallest absolute Gasteiger partial charge is 0.123 e. The standard InChI is InChI=1S/C16H26BrNO/c1-6-8-11(3)16(18-7-2)13-10-14(17)12(4)9-15(13)19-5/h9-11,16,18H,6-8H2,1-5H3. The summed E-state index contributed by atoms with van der Waals surface area (Å²) in [5.41, 5.74) is 2.46. The molecule has 0 fully saturated rings. The predicted octanol–water partition coefficient (Wildman–Crippen LogP) is 4.85. The van der Waals surface area contributed by atoms with E-state index in [4.69, 9.17) is 4.74 Å². The molecule has 19 heavy (non-hydrogen) atoms. The Morgan fingerprint density at radius 3 is 2.53 bits per heavy atom. The van der Waals surface area contributed by atoms with E-state index in [0.29, 0.717) is 12.0 Å². The van der Waals surface area contributed by atoms with Gasteiger partial charge in [0.05, 0.1) is 7.11 Å². The molecule has 0 aliphatic carbocycles. The van der Waals surface area contributed by atoms with Crippen molar-refractivity contribution in [2.24, 2.45) is 5.92 Å². The van der Waals surface area contributed by atoms with Crippen LogP contribution < -0.4 is 10.1 Å². The Morgan fingerprint density at radius 2 is 2.00 bits per heavy atom. The van der Waals surface area contributed by atoms with Crippen LogP contribution in [0.3, 0.4) is 0 Å². The number of hydrogen-bond donors (Lipinski definition) is 1. The van der Waals surface area contributed by atoms with Gasteiger partial charge in [0.25, 0.3) is 0 Å². The molecule has 0 saturated heterocycles. The van der Waals surface area contributed by atoms with Crippen molar-refractivity contribution in [3.8, 4) is 5.75 Å². The molecule has 0 heterocycles. The summed E-state index contributed by atoms with van der Waals surface area (Å²) in [6, 6.07) is 4.66. The molecule has 0 amide bonds. The summed E-state index contributed by atoms with van der Waals surface area (Å²) in [5, 5.41) is 3.60. The van der Waals surface area contributed by atoms with Crippen molar-refractivity contribution < 1.29 is 4.74 Å². The van der Waals surface area contributed by atoms with E-state index in [1.807, 2.05) is 0 Å². The Bertz CT molecular complexity index is 406. The van der Waals surface area contributed by atoms with Gasteiger partial charge in [0.1, 0.15) is 5.75 Å². The Labute approximate surface area is 126 Å². The zero-order valence-corrected chi connectivity index (χ0v) is 14.3. The van der Waals surface area contributed by atoms with Gasteiger partial charge in [-0.3, -0.25) is 0 Å². The second-order valence-corrected chi connectivity index (χ2v) is 6.00. The summed E-state index contributed by atoms with van der Waals surface area (Å²) >= 11 is 3.63. The molecule has 1 aromatic rings. The highest BCUT2D eigenvalue weighted by molar-refractivity contribution is 9.10. The highest BCUT2D eigenvalue weighted by Gasteiger charge is 2.22. The zero-order chi connectivity index (χ0) is 14.4. The fourth-order valence-corrected chi connectivity index (χ4v) is 2.91. The second-order valence-electron chi connectivity index (χ2n) is 5.14. The third-order valence-corrected chi connectivity index (χ3v) is 4.44. The monoisotopic (exact) mass is 327 g/mol. The summed E-state index contributed by atoms with van der Waals surface area (Å²) in [7, 11) is 1.75. The predicted molar refractivity (Wildman–Crippen MR) is 85.9 cm³/mol. The molecule has 2 nitrogen and oxygen atoms in total. The van der Waals surface area contributed by atoms with Crippen LogP contribution in [0.5, 0.6) is 5.75 Å². The van der Waals surface area contributed by atoms with Crippen LogP contribution in [0.15, 0.2) is 16.6 Å². The molecule has 1 aromatic carbocycles. The number of rotatable bonds is 7. The van der Waals surface area contributed by atoms with E-state index in [2.05, 4.69) is 61.1 Å². The van der Waals surface area contributed by atoms with E-state index in [-0.39, 0.29) is 0 Å². The van der Waals surface area contributed by atoms with Gasteiger partial charge in [-0.05, 0) is 43.5 Å². The topological polar surface area (TPSA) is 21.3 Å². The van der Waals surface area contributed by atoms with Crippen molar-refractivity contribution in [1.82, 2.24) is 5.32 Å². The number of aryl methyl sites for hydroxylation is 1. The van der Waals surface area contributed by atoms with E-state index < -0.39 is 0 Å². The molecule has 0 aromatic heterocycles. The first-order chi connectivity index (χ1) is 9.04. The lowest BCUT2D eigenvalue weighted by atomic mass is 9.90. The average molecular weight is 328 g/mol. The minimum Gasteiger partial charge on any atom is -0.496 e. The lowest BCUT2D eigenvalue weighted by Gasteiger charge is -2.27. The third-order valence-electron chi connectivity index (χ3n) is 3.58. The second kappa shape index (κ2) is 7.91. The van der Waals surface area contributed by atoms with Gasteiger partial charge < -0.3 is 10.1 Å². The van der Waals surface area contributed by atoms with Gasteiger partial charge in [0.15, 0.2) is 0 Å². The Morgan fingerprint density at radius 1 is 1.32 bits per heavy atom. The van der Waals surface area contributed by atoms with E-state index in [1.54, 1.807) is 7.11 Å². The van der Waals surface area contributed by atoms with Crippen LogP contribution in [0, 0.1) is 12.8 Å². The zero-order valence-electron chi connectivity index (χ0n) is 12.7. The molecular weight excluding hydrogens is 302 g/mol. The minimum absolute atomic E-state index is 0.344. The van der Waals surface area contributed by atoms with E-state index in [1.165, 1.54) is 24.0 Å². The first-order valence-corrected chi connectivity index (χ1v) is 7.91. The van der Waals surface area contributed by atoms with E-state index in [0.717, 1.165) is 16.8 Å². The average Bonchev–Trinajstić information content (AvgIpc) is 2.39. The van der Waals surface area contributed by atoms with Crippen molar-refractivity contribution >= 4 is 15.9 Å². The highest BCUT2D eigenvalue weighted by atomic mass is 79.9. The number of benzene rings is 1. The van der Waals surface area contributed by atoms with Crippen LogP contribution in [0.25, 0.3) is 0 Å². The van der Waals surface area contributed by atoms with Crippen molar-refractivity contribution in [3.05, 3.63) is 27.7 Å². The van der Waals surface area contributed by atoms with Crippen LogP contribution >= 0.6 is 15.9 Å². The minimum atomic E-state index is 0.344. The van der Waals surface area contributed by atoms with Crippen molar-refractivity contribution in [2.75, 3.05) is 13.7 Å². The van der Waals surface area contributed by atoms with Gasteiger partial charge in [-0.25, -0.2) is 0 Å². The Kier molecular flexibility index (Phi) is 6.87. The van der Waals surface area contributed by atoms with Gasteiger partial charge in [0, 0.05) is 16.1 Å². The Hall–Kier alpha value is -0.540. The first kappa shape index (κ1) is 16.5. The number of methoxy groups -OCH3 is 1. The molecule has 2 unspecified atom stereocenters. The lowest BCUT2D eigenvalue weighted by Crippen LogP contribution is -2.27. The van der Waals surface area contributed by atoms with Crippen LogP contribution in [-0.2, 0) is 0 Å². The summed E-state index contributed by atoms with van der Waals surface area (Å²) in [5.74, 6) is 1.57. The molecule has 0 bridgehead atoms. The van der Waals surface area contributed by atoms with Crippen LogP contribution in [0.4, 0.5) is 0 Å². The van der Waals surface area contributed by atoms with Gasteiger partial charge >= 0.3 is 0 Å². The van der Waals surface area contributed by atoms with Crippen LogP contribution in [-0.4, -0.2) is 13.7 Å². The molecule has 0 saturated carbocycles. The van der Waals surface area contributed by atoms with Crippen molar-refractivity contribution in [2.45, 2.75) is 46.6 Å². The fraction of sp³-hybridized carbons (Fsp3) is 0.625. The largest absolute Gasteiger partial charge is 0.496 e. The summed E-state index contributed by atoms with van der Waals surface area (Å²) < 4.78 is 6.72. The normalized spacial score (nSPS) is 14.2. The first-order valence-electron chi connectivity index (χ1n) is 7.12. The fourth-order valence-electron chi connectivity index (χ4n) is 2.55. The SMILES string of the molecule is CCCC(C)C(NCC)c1cc(Br)c(C)cc1OC. The third kappa shape index (κ3) is 4.22. The molecule has 0 radical (unpaired) electrons. The maximum absolute atomic E-state index is 5.58. The van der Waals surface area contributed by atoms with Gasteiger partial charge in [-0.2, -0.15) is 0 Å². The molecule has 2 atom stereocenters. The molecule has 0 aliphatic rings. The summed E-state index contributed by atoms with van der Waals surface area (Å²) in [6.07, 6.45) is 2.42. The lowest BCUT2D eigenvalue weighted by molar-refractivity contribution is 0.346. The van der Waals surface area contributed by atoms with Crippen molar-refractivity contribution in [3.63, 3.8) is 0 Å².